The van der Waals surface area contributed by atoms with E-state index in [9.17, 15) is 14.9 Å². The molecule has 1 fully saturated rings. The van der Waals surface area contributed by atoms with Crippen LogP contribution in [0.1, 0.15) is 12.8 Å². The molecule has 2 atom stereocenters. The van der Waals surface area contributed by atoms with Crippen molar-refractivity contribution in [2.24, 2.45) is 5.73 Å². The summed E-state index contributed by atoms with van der Waals surface area (Å²) in [5, 5.41) is 13.7. The van der Waals surface area contributed by atoms with Gasteiger partial charge in [0.1, 0.15) is 11.8 Å². The highest BCUT2D eigenvalue weighted by atomic mass is 35.5. The molecule has 2 rings (SSSR count). The molecule has 8 heteroatoms. The first-order valence-corrected chi connectivity index (χ1v) is 6.49. The average molecular weight is 300 g/mol. The number of nitrogens with one attached hydrogen (secondary N) is 1. The fourth-order valence-corrected chi connectivity index (χ4v) is 2.21. The Hall–Kier alpha value is -1.70. The van der Waals surface area contributed by atoms with Crippen LogP contribution >= 0.6 is 11.6 Å². The maximum atomic E-state index is 12.0. The van der Waals surface area contributed by atoms with E-state index in [1.807, 2.05) is 0 Å². The number of nitro groups is 1. The molecule has 0 saturated carbocycles. The van der Waals surface area contributed by atoms with Crippen molar-refractivity contribution < 1.29 is 14.5 Å². The summed E-state index contributed by atoms with van der Waals surface area (Å²) in [6.45, 7) is 0.352. The van der Waals surface area contributed by atoms with Gasteiger partial charge in [-0.2, -0.15) is 0 Å². The van der Waals surface area contributed by atoms with Crippen molar-refractivity contribution in [1.82, 2.24) is 0 Å². The number of anilines is 1. The highest BCUT2D eigenvalue weighted by Crippen LogP contribution is 2.29. The summed E-state index contributed by atoms with van der Waals surface area (Å²) in [5.74, 6) is -0.411. The number of hydrogen-bond acceptors (Lipinski definition) is 5. The van der Waals surface area contributed by atoms with Gasteiger partial charge in [0, 0.05) is 17.6 Å². The lowest BCUT2D eigenvalue weighted by Crippen LogP contribution is -2.30. The average Bonchev–Trinajstić information content (AvgIpc) is 2.89. The molecule has 0 spiro atoms. The maximum absolute atomic E-state index is 12.0. The minimum atomic E-state index is -0.626. The molecule has 0 radical (unpaired) electrons. The van der Waals surface area contributed by atoms with Gasteiger partial charge in [0.15, 0.2) is 0 Å². The van der Waals surface area contributed by atoms with E-state index in [4.69, 9.17) is 22.1 Å². The van der Waals surface area contributed by atoms with Crippen LogP contribution < -0.4 is 11.1 Å². The van der Waals surface area contributed by atoms with Crippen molar-refractivity contribution in [3.8, 4) is 0 Å². The normalized spacial score (nSPS) is 21.7. The Morgan fingerprint density at radius 2 is 2.30 bits per heavy atom. The largest absolute Gasteiger partial charge is 0.364 e. The lowest BCUT2D eigenvalue weighted by atomic mass is 10.2. The van der Waals surface area contributed by atoms with Gasteiger partial charge in [-0.25, -0.2) is 0 Å². The Morgan fingerprint density at radius 1 is 1.55 bits per heavy atom. The Balaban J connectivity index is 2.10. The summed E-state index contributed by atoms with van der Waals surface area (Å²) < 4.78 is 5.44. The molecule has 1 aromatic carbocycles. The standard InChI is InChI=1S/C12H14ClN3O4/c13-7-1-3-9(10(5-7)16(18)19)15-12(17)11-4-2-8(6-14)20-11/h1,3,5,8,11H,2,4,6,14H2,(H,15,17). The van der Waals surface area contributed by atoms with E-state index in [0.29, 0.717) is 19.4 Å². The number of halogens is 1. The van der Waals surface area contributed by atoms with Crippen LogP contribution in [0.25, 0.3) is 0 Å². The van der Waals surface area contributed by atoms with Crippen LogP contribution in [0.15, 0.2) is 18.2 Å². The van der Waals surface area contributed by atoms with E-state index in [0.717, 1.165) is 0 Å². The molecular formula is C12H14ClN3O4. The smallest absolute Gasteiger partial charge is 0.294 e. The van der Waals surface area contributed by atoms with Gasteiger partial charge in [0.05, 0.1) is 11.0 Å². The highest BCUT2D eigenvalue weighted by Gasteiger charge is 2.30. The van der Waals surface area contributed by atoms with E-state index < -0.39 is 16.9 Å². The zero-order valence-corrected chi connectivity index (χ0v) is 11.3. The van der Waals surface area contributed by atoms with Crippen molar-refractivity contribution in [2.75, 3.05) is 11.9 Å². The van der Waals surface area contributed by atoms with Crippen molar-refractivity contribution in [3.05, 3.63) is 33.3 Å². The number of amides is 1. The second-order valence-electron chi connectivity index (χ2n) is 4.47. The van der Waals surface area contributed by atoms with Crippen molar-refractivity contribution in [2.45, 2.75) is 25.0 Å². The Kier molecular flexibility index (Phi) is 4.53. The summed E-state index contributed by atoms with van der Waals surface area (Å²) >= 11 is 5.71. The van der Waals surface area contributed by atoms with Gasteiger partial charge in [0.25, 0.3) is 11.6 Å². The van der Waals surface area contributed by atoms with Gasteiger partial charge < -0.3 is 15.8 Å². The molecule has 3 N–H and O–H groups in total. The summed E-state index contributed by atoms with van der Waals surface area (Å²) in [4.78, 5) is 22.3. The van der Waals surface area contributed by atoms with Gasteiger partial charge in [0.2, 0.25) is 0 Å². The van der Waals surface area contributed by atoms with Crippen LogP contribution in [0.4, 0.5) is 11.4 Å². The summed E-state index contributed by atoms with van der Waals surface area (Å²) in [6, 6.07) is 4.06. The predicted octanol–water partition coefficient (Wildman–Crippen LogP) is 1.69. The van der Waals surface area contributed by atoms with Crippen LogP contribution in [0.5, 0.6) is 0 Å². The first-order chi connectivity index (χ1) is 9.51. The molecule has 1 aliphatic rings. The van der Waals surface area contributed by atoms with Crippen LogP contribution in [0.2, 0.25) is 5.02 Å². The number of carbonyl (C=O) groups excluding carboxylic acids is 1. The van der Waals surface area contributed by atoms with Crippen LogP contribution in [-0.4, -0.2) is 29.6 Å². The number of benzene rings is 1. The molecule has 1 amide bonds. The molecule has 0 bridgehead atoms. The van der Waals surface area contributed by atoms with Gasteiger partial charge in [-0.3, -0.25) is 14.9 Å². The fraction of sp³-hybridized carbons (Fsp3) is 0.417. The molecule has 7 nitrogen and oxygen atoms in total. The second kappa shape index (κ2) is 6.17. The summed E-state index contributed by atoms with van der Waals surface area (Å²) in [5.41, 5.74) is 5.32. The van der Waals surface area contributed by atoms with Gasteiger partial charge in [-0.05, 0) is 25.0 Å². The van der Waals surface area contributed by atoms with E-state index in [1.165, 1.54) is 18.2 Å². The molecule has 2 unspecified atom stereocenters. The number of nitro benzene ring substituents is 1. The number of nitrogens with two attached hydrogens (primary N) is 1. The number of ether oxygens (including phenoxy) is 1. The first-order valence-electron chi connectivity index (χ1n) is 6.11. The van der Waals surface area contributed by atoms with Crippen LogP contribution in [0, 0.1) is 10.1 Å². The molecule has 20 heavy (non-hydrogen) atoms. The van der Waals surface area contributed by atoms with Gasteiger partial charge in [-0.15, -0.1) is 0 Å². The maximum Gasteiger partial charge on any atom is 0.294 e. The summed E-state index contributed by atoms with van der Waals surface area (Å²) in [7, 11) is 0. The minimum absolute atomic E-state index is 0.101. The van der Waals surface area contributed by atoms with E-state index in [1.54, 1.807) is 0 Å². The van der Waals surface area contributed by atoms with E-state index in [2.05, 4.69) is 5.32 Å². The Bertz CT molecular complexity index is 537. The highest BCUT2D eigenvalue weighted by molar-refractivity contribution is 6.31. The van der Waals surface area contributed by atoms with E-state index in [-0.39, 0.29) is 22.5 Å². The zero-order chi connectivity index (χ0) is 14.7. The molecule has 1 saturated heterocycles. The van der Waals surface area contributed by atoms with Crippen molar-refractivity contribution >= 4 is 28.9 Å². The first kappa shape index (κ1) is 14.7. The van der Waals surface area contributed by atoms with Crippen molar-refractivity contribution in [1.29, 1.82) is 0 Å². The van der Waals surface area contributed by atoms with Gasteiger partial charge >= 0.3 is 0 Å². The third-order valence-electron chi connectivity index (χ3n) is 3.08. The lowest BCUT2D eigenvalue weighted by molar-refractivity contribution is -0.383. The minimum Gasteiger partial charge on any atom is -0.364 e. The lowest BCUT2D eigenvalue weighted by Gasteiger charge is -2.12. The topological polar surface area (TPSA) is 107 Å². The Labute approximate surface area is 120 Å². The van der Waals surface area contributed by atoms with Crippen LogP contribution in [0.3, 0.4) is 0 Å². The van der Waals surface area contributed by atoms with Gasteiger partial charge in [-0.1, -0.05) is 11.6 Å². The van der Waals surface area contributed by atoms with Crippen molar-refractivity contribution in [3.63, 3.8) is 0 Å². The number of carbonyl (C=O) groups is 1. The third kappa shape index (κ3) is 3.24. The molecule has 1 aromatic rings. The molecule has 0 aromatic heterocycles. The number of nitrogens with zero attached hydrogens (tertiary/aromatic N) is 1. The molecule has 108 valence electrons. The van der Waals surface area contributed by atoms with Crippen LogP contribution in [-0.2, 0) is 9.53 Å². The third-order valence-corrected chi connectivity index (χ3v) is 3.31. The molecule has 0 aliphatic carbocycles. The monoisotopic (exact) mass is 299 g/mol. The zero-order valence-electron chi connectivity index (χ0n) is 10.5. The molecular weight excluding hydrogens is 286 g/mol. The molecule has 1 aliphatic heterocycles. The Morgan fingerprint density at radius 3 is 2.90 bits per heavy atom. The van der Waals surface area contributed by atoms with E-state index >= 15 is 0 Å². The number of rotatable bonds is 4. The fourth-order valence-electron chi connectivity index (χ4n) is 2.05. The second-order valence-corrected chi connectivity index (χ2v) is 4.90. The quantitative estimate of drug-likeness (QED) is 0.650. The predicted molar refractivity (Wildman–Crippen MR) is 73.7 cm³/mol. The molecule has 1 heterocycles. The summed E-state index contributed by atoms with van der Waals surface area (Å²) in [6.07, 6.45) is 0.497. The SMILES string of the molecule is NCC1CCC(C(=O)Nc2ccc(Cl)cc2[N+](=O)[O-])O1. The number of hydrogen-bond donors (Lipinski definition) is 2.